The second kappa shape index (κ2) is 3.12. The van der Waals surface area contributed by atoms with Crippen LogP contribution in [0, 0.1) is 0 Å². The van der Waals surface area contributed by atoms with E-state index in [1.807, 2.05) is 0 Å². The van der Waals surface area contributed by atoms with Crippen molar-refractivity contribution in [1.82, 2.24) is 4.90 Å². The predicted molar refractivity (Wildman–Crippen MR) is 36.9 cm³/mol. The number of hydrogen-bond donors (Lipinski definition) is 0. The number of hydrogen-bond acceptors (Lipinski definition) is 3. The molecule has 1 heterocycles. The van der Waals surface area contributed by atoms with Gasteiger partial charge in [0.15, 0.2) is 0 Å². The Hall–Kier alpha value is -1.42. The average Bonchev–Trinajstić information content (AvgIpc) is 2.28. The van der Waals surface area contributed by atoms with E-state index in [1.54, 1.807) is 7.05 Å². The number of azide groups is 1. The standard InChI is InChI=1S/C5H8N4O2/c1-9-3-4(2-7-8-6)11-5(9)10/h4H,2-3H2,1H3/t4-/m1/s1. The van der Waals surface area contributed by atoms with Gasteiger partial charge in [0.1, 0.15) is 6.10 Å². The van der Waals surface area contributed by atoms with Crippen LogP contribution in [0.4, 0.5) is 4.79 Å². The Balaban J connectivity index is 2.40. The summed E-state index contributed by atoms with van der Waals surface area (Å²) < 4.78 is 4.80. The number of rotatable bonds is 2. The zero-order chi connectivity index (χ0) is 8.27. The fourth-order valence-electron chi connectivity index (χ4n) is 0.872. The number of cyclic esters (lactones) is 1. The second-order valence-electron chi connectivity index (χ2n) is 2.30. The number of amides is 1. The zero-order valence-electron chi connectivity index (χ0n) is 6.10. The molecule has 1 saturated heterocycles. The van der Waals surface area contributed by atoms with E-state index in [9.17, 15) is 4.79 Å². The summed E-state index contributed by atoms with van der Waals surface area (Å²) >= 11 is 0. The van der Waals surface area contributed by atoms with Crippen molar-refractivity contribution in [2.45, 2.75) is 6.10 Å². The third-order valence-corrected chi connectivity index (χ3v) is 1.41. The normalized spacial score (nSPS) is 22.8. The molecule has 60 valence electrons. The fraction of sp³-hybridized carbons (Fsp3) is 0.800. The van der Waals surface area contributed by atoms with E-state index in [1.165, 1.54) is 4.90 Å². The van der Waals surface area contributed by atoms with E-state index in [4.69, 9.17) is 10.3 Å². The SMILES string of the molecule is CN1C[C@@H](CN=[N+]=[N-])OC1=O. The molecule has 0 unspecified atom stereocenters. The largest absolute Gasteiger partial charge is 0.444 e. The van der Waals surface area contributed by atoms with Gasteiger partial charge in [0.2, 0.25) is 0 Å². The van der Waals surface area contributed by atoms with Crippen LogP contribution in [0.15, 0.2) is 5.11 Å². The van der Waals surface area contributed by atoms with Crippen molar-refractivity contribution in [2.75, 3.05) is 20.1 Å². The lowest BCUT2D eigenvalue weighted by atomic mass is 10.4. The van der Waals surface area contributed by atoms with Crippen molar-refractivity contribution in [2.24, 2.45) is 5.11 Å². The molecule has 6 heteroatoms. The maximum Gasteiger partial charge on any atom is 0.409 e. The Morgan fingerprint density at radius 2 is 2.73 bits per heavy atom. The first kappa shape index (κ1) is 7.68. The summed E-state index contributed by atoms with van der Waals surface area (Å²) in [6.45, 7) is 0.713. The van der Waals surface area contributed by atoms with E-state index in [0.717, 1.165) is 0 Å². The van der Waals surface area contributed by atoms with E-state index in [2.05, 4.69) is 10.0 Å². The minimum absolute atomic E-state index is 0.215. The highest BCUT2D eigenvalue weighted by Crippen LogP contribution is 2.08. The number of nitrogens with zero attached hydrogens (tertiary/aromatic N) is 4. The summed E-state index contributed by atoms with van der Waals surface area (Å²) in [5, 5.41) is 3.30. The van der Waals surface area contributed by atoms with Crippen LogP contribution in [0.5, 0.6) is 0 Å². The van der Waals surface area contributed by atoms with Crippen LogP contribution >= 0.6 is 0 Å². The first-order valence-corrected chi connectivity index (χ1v) is 3.16. The Morgan fingerprint density at radius 3 is 3.18 bits per heavy atom. The van der Waals surface area contributed by atoms with Crippen molar-refractivity contribution in [3.8, 4) is 0 Å². The molecule has 11 heavy (non-hydrogen) atoms. The van der Waals surface area contributed by atoms with Crippen molar-refractivity contribution >= 4 is 6.09 Å². The molecule has 1 fully saturated rings. The molecular formula is C5H8N4O2. The molecule has 0 spiro atoms. The Bertz CT molecular complexity index is 209. The van der Waals surface area contributed by atoms with Gasteiger partial charge in [0, 0.05) is 12.0 Å². The third kappa shape index (κ3) is 1.75. The van der Waals surface area contributed by atoms with E-state index in [-0.39, 0.29) is 18.7 Å². The van der Waals surface area contributed by atoms with Gasteiger partial charge < -0.3 is 9.64 Å². The van der Waals surface area contributed by atoms with Gasteiger partial charge in [-0.05, 0) is 5.53 Å². The summed E-state index contributed by atoms with van der Waals surface area (Å²) in [6, 6.07) is 0. The van der Waals surface area contributed by atoms with E-state index in [0.29, 0.717) is 6.54 Å². The summed E-state index contributed by atoms with van der Waals surface area (Å²) in [7, 11) is 1.64. The van der Waals surface area contributed by atoms with Crippen LogP contribution in [0.1, 0.15) is 0 Å². The lowest BCUT2D eigenvalue weighted by Crippen LogP contribution is -2.20. The molecule has 1 amide bonds. The molecule has 0 aromatic heterocycles. The van der Waals surface area contributed by atoms with Crippen LogP contribution in [0.25, 0.3) is 10.4 Å². The summed E-state index contributed by atoms with van der Waals surface area (Å²) in [4.78, 5) is 14.7. The Kier molecular flexibility index (Phi) is 2.18. The Labute approximate surface area is 63.4 Å². The van der Waals surface area contributed by atoms with E-state index < -0.39 is 0 Å². The van der Waals surface area contributed by atoms with Gasteiger partial charge in [-0.25, -0.2) is 4.79 Å². The Morgan fingerprint density at radius 1 is 2.00 bits per heavy atom. The van der Waals surface area contributed by atoms with Crippen molar-refractivity contribution in [3.05, 3.63) is 10.4 Å². The summed E-state index contributed by atoms with van der Waals surface area (Å²) in [5.74, 6) is 0. The van der Waals surface area contributed by atoms with Crippen LogP contribution in [0.2, 0.25) is 0 Å². The molecule has 6 nitrogen and oxygen atoms in total. The molecule has 0 N–H and O–H groups in total. The first-order valence-electron chi connectivity index (χ1n) is 3.16. The molecule has 1 rings (SSSR count). The monoisotopic (exact) mass is 156 g/mol. The van der Waals surface area contributed by atoms with E-state index >= 15 is 0 Å². The van der Waals surface area contributed by atoms with Crippen molar-refractivity contribution < 1.29 is 9.53 Å². The van der Waals surface area contributed by atoms with Crippen LogP contribution in [-0.2, 0) is 4.74 Å². The lowest BCUT2D eigenvalue weighted by Gasteiger charge is -2.01. The molecule has 0 aromatic rings. The van der Waals surface area contributed by atoms with Crippen LogP contribution < -0.4 is 0 Å². The van der Waals surface area contributed by atoms with Gasteiger partial charge in [-0.15, -0.1) is 0 Å². The lowest BCUT2D eigenvalue weighted by molar-refractivity contribution is 0.137. The molecule has 1 atom stereocenters. The molecule has 0 bridgehead atoms. The number of likely N-dealkylation sites (N-methyl/N-ethyl adjacent to an activating group) is 1. The highest BCUT2D eigenvalue weighted by atomic mass is 16.6. The van der Waals surface area contributed by atoms with Crippen LogP contribution in [0.3, 0.4) is 0 Å². The van der Waals surface area contributed by atoms with Gasteiger partial charge in [-0.2, -0.15) is 0 Å². The molecule has 0 aliphatic carbocycles. The third-order valence-electron chi connectivity index (χ3n) is 1.41. The van der Waals surface area contributed by atoms with Crippen molar-refractivity contribution in [3.63, 3.8) is 0 Å². The first-order chi connectivity index (χ1) is 5.24. The molecule has 1 aliphatic rings. The predicted octanol–water partition coefficient (Wildman–Crippen LogP) is 0.747. The number of carbonyl (C=O) groups is 1. The smallest absolute Gasteiger partial charge is 0.409 e. The number of carbonyl (C=O) groups excluding carboxylic acids is 1. The summed E-state index contributed by atoms with van der Waals surface area (Å²) in [6.07, 6.45) is -0.633. The van der Waals surface area contributed by atoms with Gasteiger partial charge in [0.05, 0.1) is 13.1 Å². The topological polar surface area (TPSA) is 78.3 Å². The van der Waals surface area contributed by atoms with Gasteiger partial charge >= 0.3 is 6.09 Å². The molecular weight excluding hydrogens is 148 g/mol. The second-order valence-corrected chi connectivity index (χ2v) is 2.30. The highest BCUT2D eigenvalue weighted by molar-refractivity contribution is 5.69. The molecule has 0 saturated carbocycles. The van der Waals surface area contributed by atoms with Gasteiger partial charge in [-0.3, -0.25) is 0 Å². The fourth-order valence-corrected chi connectivity index (χ4v) is 0.872. The quantitative estimate of drug-likeness (QED) is 0.336. The van der Waals surface area contributed by atoms with Crippen molar-refractivity contribution in [1.29, 1.82) is 0 Å². The van der Waals surface area contributed by atoms with Gasteiger partial charge in [0.25, 0.3) is 0 Å². The molecule has 0 radical (unpaired) electrons. The summed E-state index contributed by atoms with van der Waals surface area (Å²) in [5.41, 5.74) is 7.96. The molecule has 1 aliphatic heterocycles. The molecule has 0 aromatic carbocycles. The minimum atomic E-state index is -0.358. The maximum absolute atomic E-state index is 10.7. The maximum atomic E-state index is 10.7. The highest BCUT2D eigenvalue weighted by Gasteiger charge is 2.27. The minimum Gasteiger partial charge on any atom is -0.444 e. The van der Waals surface area contributed by atoms with Crippen LogP contribution in [-0.4, -0.2) is 37.2 Å². The average molecular weight is 156 g/mol. The zero-order valence-corrected chi connectivity index (χ0v) is 6.10. The number of ether oxygens (including phenoxy) is 1. The van der Waals surface area contributed by atoms with Gasteiger partial charge in [-0.1, -0.05) is 5.11 Å².